The Morgan fingerprint density at radius 1 is 0.295 bits per heavy atom. The zero-order valence-corrected chi connectivity index (χ0v) is 66.8. The predicted molar refractivity (Wildman–Crippen MR) is 339 cm³/mol. The molecule has 490 valence electrons. The van der Waals surface area contributed by atoms with Crippen molar-refractivity contribution in [3.63, 3.8) is 0 Å². The fourth-order valence-electron chi connectivity index (χ4n) is 2.87. The average molecular weight is 1340 g/mol. The fourth-order valence-corrected chi connectivity index (χ4v) is 9.56. The van der Waals surface area contributed by atoms with Crippen molar-refractivity contribution in [2.45, 2.75) is 160 Å². The van der Waals surface area contributed by atoms with E-state index in [1.165, 1.54) is 64.0 Å². The summed E-state index contributed by atoms with van der Waals surface area (Å²) in [5.41, 5.74) is 0. The first kappa shape index (κ1) is 117. The molecule has 0 saturated heterocycles. The van der Waals surface area contributed by atoms with Crippen LogP contribution in [0.2, 0.25) is 50.4 Å². The maximum absolute atomic E-state index is 8.91. The molecular formula is C43H126O24S2Si9. The van der Waals surface area contributed by atoms with Gasteiger partial charge in [0.15, 0.2) is 0 Å². The second-order valence-electron chi connectivity index (χ2n) is 12.1. The van der Waals surface area contributed by atoms with E-state index in [1.54, 1.807) is 56.9 Å². The number of hydrogen-bond donors (Lipinski definition) is 5. The molecule has 3 N–H and O–H groups in total. The van der Waals surface area contributed by atoms with Gasteiger partial charge in [-0.2, -0.15) is 25.3 Å². The molecule has 24 nitrogen and oxygen atoms in total. The van der Waals surface area contributed by atoms with Crippen LogP contribution in [0.5, 0.6) is 0 Å². The molecule has 0 aliphatic rings. The Kier molecular flexibility index (Phi) is 142. The van der Waals surface area contributed by atoms with Crippen molar-refractivity contribution in [2.75, 3.05) is 132 Å². The van der Waals surface area contributed by atoms with Gasteiger partial charge in [-0.05, 0) is 74.7 Å². The van der Waals surface area contributed by atoms with Gasteiger partial charge in [-0.15, -0.1) is 0 Å². The summed E-state index contributed by atoms with van der Waals surface area (Å²) in [5, 5.41) is 0. The van der Waals surface area contributed by atoms with Gasteiger partial charge in [-0.3, -0.25) is 17.8 Å². The Morgan fingerprint density at radius 3 is 0.449 bits per heavy atom. The van der Waals surface area contributed by atoms with Gasteiger partial charge in [0.1, 0.15) is 0 Å². The molecule has 0 atom stereocenters. The summed E-state index contributed by atoms with van der Waals surface area (Å²) < 4.78 is 116. The Labute approximate surface area is 502 Å². The highest BCUT2D eigenvalue weighted by molar-refractivity contribution is 7.80. The molecule has 0 rings (SSSR count). The summed E-state index contributed by atoms with van der Waals surface area (Å²) in [7, 11) is 6.47. The fraction of sp³-hybridized carbons (Fsp3) is 1.00. The van der Waals surface area contributed by atoms with Gasteiger partial charge in [0.25, 0.3) is 0 Å². The standard InChI is InChI=1S/2C6H16O2SSi.2C5H14O2Si.3C3H10O4Si.6C2H6.2O2Si/c2*1-7-10(3,8-2)6-4-5-9;5*1-5-8(4,6-2)7-3;6*1-2;2*1-3-2/h2*9H,4-6H2,1-3H3;2*5H2,1-4H3;3*4H,1-3H3;6*1-2H3;;. The lowest BCUT2D eigenvalue weighted by Gasteiger charge is -2.21. The number of rotatable bonds is 25. The van der Waals surface area contributed by atoms with Crippen molar-refractivity contribution in [3.05, 3.63) is 0 Å². The summed E-state index contributed by atoms with van der Waals surface area (Å²) in [6.07, 6.45) is 2.15. The van der Waals surface area contributed by atoms with Gasteiger partial charge in [-0.25, -0.2) is 0 Å². The van der Waals surface area contributed by atoms with Gasteiger partial charge < -0.3 is 89.6 Å². The third-order valence-electron chi connectivity index (χ3n) is 8.64. The highest BCUT2D eigenvalue weighted by Crippen LogP contribution is 2.14. The van der Waals surface area contributed by atoms with Crippen LogP contribution in [0.4, 0.5) is 0 Å². The van der Waals surface area contributed by atoms with Crippen LogP contribution in [0.25, 0.3) is 0 Å². The maximum atomic E-state index is 8.91. The van der Waals surface area contributed by atoms with Crippen molar-refractivity contribution < 1.29 is 107 Å². The minimum absolute atomic E-state index is 0.912. The van der Waals surface area contributed by atoms with Crippen LogP contribution in [0.15, 0.2) is 0 Å². The quantitative estimate of drug-likeness (QED) is 0.0421. The molecule has 35 heteroatoms. The molecule has 0 aromatic heterocycles. The first-order chi connectivity index (χ1) is 36.6. The molecule has 0 heterocycles. The molecule has 0 saturated carbocycles. The third kappa shape index (κ3) is 96.2. The van der Waals surface area contributed by atoms with Crippen LogP contribution in [0.1, 0.15) is 110 Å². The van der Waals surface area contributed by atoms with Crippen molar-refractivity contribution in [2.24, 2.45) is 0 Å². The van der Waals surface area contributed by atoms with Crippen LogP contribution < -0.4 is 0 Å². The highest BCUT2D eigenvalue weighted by atomic mass is 32.1. The largest absolute Gasteiger partial charge is 0.676 e. The zero-order chi connectivity index (χ0) is 66.6. The van der Waals surface area contributed by atoms with Crippen LogP contribution in [-0.2, 0) is 93.1 Å². The molecule has 0 bridgehead atoms. The van der Waals surface area contributed by atoms with Crippen molar-refractivity contribution in [1.29, 1.82) is 0 Å². The van der Waals surface area contributed by atoms with E-state index in [-0.39, 0.29) is 0 Å². The molecule has 0 fully saturated rings. The minimum Gasteiger partial charge on any atom is -0.398 e. The van der Waals surface area contributed by atoms with Crippen LogP contribution in [-0.4, -0.2) is 227 Å². The Morgan fingerprint density at radius 2 is 0.410 bits per heavy atom. The number of hydrogen-bond acceptors (Lipinski definition) is 26. The van der Waals surface area contributed by atoms with Gasteiger partial charge >= 0.3 is 80.0 Å². The van der Waals surface area contributed by atoms with Crippen molar-refractivity contribution in [1.82, 2.24) is 0 Å². The Bertz CT molecular complexity index is 871. The normalized spacial score (nSPS) is 9.90. The summed E-state index contributed by atoms with van der Waals surface area (Å²) >= 11 is 8.24. The molecular weight excluding hydrogens is 1220 g/mol. The summed E-state index contributed by atoms with van der Waals surface area (Å²) in [6, 6.07) is 4.09. The first-order valence-corrected chi connectivity index (χ1v) is 43.4. The highest BCUT2D eigenvalue weighted by Gasteiger charge is 2.38. The molecule has 0 spiro atoms. The molecule has 78 heavy (non-hydrogen) atoms. The lowest BCUT2D eigenvalue weighted by molar-refractivity contribution is 0.0409. The van der Waals surface area contributed by atoms with Crippen molar-refractivity contribution in [3.8, 4) is 0 Å². The second-order valence-corrected chi connectivity index (χ2v) is 34.9. The number of thiol groups is 2. The van der Waals surface area contributed by atoms with E-state index in [0.717, 1.165) is 48.5 Å². The maximum Gasteiger partial charge on any atom is 0.676 e. The SMILES string of the molecule is CC.CC.CC.CC.CC.CC.CC[Si](C)(OC)OC.CC[Si](C)(OC)OC.CO[Si](C)(CCCS)OC.CO[Si](C)(CCCS)OC.CO[Si](O)(OC)OC.CO[Si](O)(OC)OC.CO[Si](O)(OC)OC.O=[Si]=O.O=[Si]=O. The topological polar surface area (TPSA) is 286 Å². The minimum atomic E-state index is -3.17. The van der Waals surface area contributed by atoms with Gasteiger partial charge in [0.2, 0.25) is 0 Å². The summed E-state index contributed by atoms with van der Waals surface area (Å²) in [5.74, 6) is 1.82. The van der Waals surface area contributed by atoms with Crippen LogP contribution in [0.3, 0.4) is 0 Å². The Hall–Kier alpha value is 1.05. The third-order valence-corrected chi connectivity index (χ3v) is 25.9. The van der Waals surface area contributed by atoms with Gasteiger partial charge in [-0.1, -0.05) is 96.9 Å². The summed E-state index contributed by atoms with van der Waals surface area (Å²) in [6.45, 7) is 36.4. The first-order valence-electron chi connectivity index (χ1n) is 25.4. The van der Waals surface area contributed by atoms with E-state index in [4.69, 9.17) is 67.6 Å². The van der Waals surface area contributed by atoms with Crippen LogP contribution >= 0.6 is 25.3 Å². The van der Waals surface area contributed by atoms with E-state index < -0.39 is 80.0 Å². The van der Waals surface area contributed by atoms with E-state index in [9.17, 15) is 0 Å². The zero-order valence-electron chi connectivity index (χ0n) is 56.0. The van der Waals surface area contributed by atoms with E-state index in [0.29, 0.717) is 0 Å². The van der Waals surface area contributed by atoms with Crippen molar-refractivity contribution >= 4 is 105 Å². The van der Waals surface area contributed by atoms with Crippen LogP contribution in [0, 0.1) is 0 Å². The smallest absolute Gasteiger partial charge is 0.398 e. The lowest BCUT2D eigenvalue weighted by Crippen LogP contribution is -2.42. The molecule has 0 aliphatic carbocycles. The molecule has 0 radical (unpaired) electrons. The van der Waals surface area contributed by atoms with E-state index in [1.807, 2.05) is 96.2 Å². The van der Waals surface area contributed by atoms with E-state index >= 15 is 0 Å². The average Bonchev–Trinajstić information content (AvgIpc) is 3.53. The molecule has 0 amide bonds. The second kappa shape index (κ2) is 94.4. The molecule has 0 aliphatic heterocycles. The Balaban J connectivity index is -0.0000000435. The monoisotopic (exact) mass is 1340 g/mol. The molecule has 0 aromatic rings. The van der Waals surface area contributed by atoms with Gasteiger partial charge in [0, 0.05) is 121 Å². The molecule has 0 aromatic carbocycles. The molecule has 0 unspecified atom stereocenters. The van der Waals surface area contributed by atoms with Gasteiger partial charge in [0.05, 0.1) is 0 Å². The van der Waals surface area contributed by atoms with E-state index in [2.05, 4.69) is 92.0 Å². The predicted octanol–water partition coefficient (Wildman–Crippen LogP) is 9.07. The lowest BCUT2D eigenvalue weighted by atomic mass is 10.6. The summed E-state index contributed by atoms with van der Waals surface area (Å²) in [4.78, 5) is 26.7.